The predicted molar refractivity (Wildman–Crippen MR) is 69.3 cm³/mol. The second-order valence-electron chi connectivity index (χ2n) is 4.98. The predicted octanol–water partition coefficient (Wildman–Crippen LogP) is 2.83. The zero-order valence-corrected chi connectivity index (χ0v) is 10.5. The number of carboxylic acid groups (broad SMARTS) is 1. The van der Waals surface area contributed by atoms with Gasteiger partial charge in [-0.2, -0.15) is 5.10 Å². The van der Waals surface area contributed by atoms with Crippen molar-refractivity contribution >= 4 is 5.97 Å². The smallest absolute Gasteiger partial charge is 0.304 e. The number of aromatic amines is 1. The van der Waals surface area contributed by atoms with Crippen LogP contribution in [0.4, 0.5) is 0 Å². The van der Waals surface area contributed by atoms with Crippen LogP contribution in [-0.2, 0) is 10.2 Å². The molecular weight excluding hydrogens is 228 g/mol. The molecule has 1 heterocycles. The molecule has 4 heteroatoms. The van der Waals surface area contributed by atoms with Gasteiger partial charge in [-0.15, -0.1) is 0 Å². The van der Waals surface area contributed by atoms with Gasteiger partial charge in [0.15, 0.2) is 0 Å². The van der Waals surface area contributed by atoms with Crippen molar-refractivity contribution in [2.75, 3.05) is 0 Å². The number of benzene rings is 1. The van der Waals surface area contributed by atoms with Gasteiger partial charge in [-0.05, 0) is 5.56 Å². The highest BCUT2D eigenvalue weighted by molar-refractivity contribution is 5.71. The molecule has 0 atom stereocenters. The molecule has 1 aromatic carbocycles. The van der Waals surface area contributed by atoms with Crippen molar-refractivity contribution in [3.05, 3.63) is 42.1 Å². The van der Waals surface area contributed by atoms with Gasteiger partial charge >= 0.3 is 5.97 Å². The van der Waals surface area contributed by atoms with Crippen molar-refractivity contribution in [2.24, 2.45) is 0 Å². The molecule has 0 aliphatic rings. The molecule has 0 fully saturated rings. The van der Waals surface area contributed by atoms with Crippen molar-refractivity contribution in [3.63, 3.8) is 0 Å². The van der Waals surface area contributed by atoms with Gasteiger partial charge in [0.05, 0.1) is 18.3 Å². The summed E-state index contributed by atoms with van der Waals surface area (Å²) in [5.74, 6) is -0.805. The number of carboxylic acids is 1. The number of nitrogens with one attached hydrogen (secondary N) is 1. The quantitative estimate of drug-likeness (QED) is 0.869. The minimum absolute atomic E-state index is 0.0758. The lowest BCUT2D eigenvalue weighted by Gasteiger charge is -2.22. The molecule has 0 spiro atoms. The van der Waals surface area contributed by atoms with Crippen LogP contribution in [0.15, 0.2) is 36.5 Å². The maximum Gasteiger partial charge on any atom is 0.304 e. The Morgan fingerprint density at radius 3 is 2.61 bits per heavy atom. The molecule has 0 bridgehead atoms. The third-order valence-corrected chi connectivity index (χ3v) is 3.02. The van der Waals surface area contributed by atoms with Crippen LogP contribution in [0.2, 0.25) is 0 Å². The molecule has 2 N–H and O–H groups in total. The molecule has 0 saturated heterocycles. The van der Waals surface area contributed by atoms with Gasteiger partial charge in [0.1, 0.15) is 0 Å². The Morgan fingerprint density at radius 1 is 1.33 bits per heavy atom. The lowest BCUT2D eigenvalue weighted by Crippen LogP contribution is -2.21. The fourth-order valence-electron chi connectivity index (χ4n) is 2.10. The van der Waals surface area contributed by atoms with E-state index in [1.807, 2.05) is 44.2 Å². The van der Waals surface area contributed by atoms with E-state index in [0.29, 0.717) is 0 Å². The van der Waals surface area contributed by atoms with E-state index >= 15 is 0 Å². The first-order valence-electron chi connectivity index (χ1n) is 5.82. The molecule has 1 aromatic heterocycles. The van der Waals surface area contributed by atoms with Gasteiger partial charge in [-0.3, -0.25) is 9.89 Å². The molecule has 2 aromatic rings. The summed E-state index contributed by atoms with van der Waals surface area (Å²) in [4.78, 5) is 10.9. The van der Waals surface area contributed by atoms with E-state index in [4.69, 9.17) is 5.11 Å². The Hall–Kier alpha value is -2.10. The van der Waals surface area contributed by atoms with Crippen molar-refractivity contribution in [2.45, 2.75) is 25.7 Å². The SMILES string of the molecule is CC(C)(CC(=O)O)c1cn[nH]c1-c1ccccc1. The fraction of sp³-hybridized carbons (Fsp3) is 0.286. The third-order valence-electron chi connectivity index (χ3n) is 3.02. The van der Waals surface area contributed by atoms with Crippen molar-refractivity contribution in [1.29, 1.82) is 0 Å². The molecule has 0 radical (unpaired) electrons. The summed E-state index contributed by atoms with van der Waals surface area (Å²) in [5, 5.41) is 16.0. The normalized spacial score (nSPS) is 11.4. The summed E-state index contributed by atoms with van der Waals surface area (Å²) in [6, 6.07) is 9.80. The highest BCUT2D eigenvalue weighted by atomic mass is 16.4. The number of carbonyl (C=O) groups is 1. The molecule has 0 amide bonds. The van der Waals surface area contributed by atoms with Gasteiger partial charge < -0.3 is 5.11 Å². The lowest BCUT2D eigenvalue weighted by molar-refractivity contribution is -0.138. The van der Waals surface area contributed by atoms with E-state index < -0.39 is 11.4 Å². The van der Waals surface area contributed by atoms with Crippen molar-refractivity contribution < 1.29 is 9.90 Å². The van der Waals surface area contributed by atoms with E-state index in [1.165, 1.54) is 0 Å². The van der Waals surface area contributed by atoms with E-state index in [0.717, 1.165) is 16.8 Å². The van der Waals surface area contributed by atoms with Crippen LogP contribution in [0.5, 0.6) is 0 Å². The third kappa shape index (κ3) is 2.42. The van der Waals surface area contributed by atoms with Gasteiger partial charge in [-0.25, -0.2) is 0 Å². The summed E-state index contributed by atoms with van der Waals surface area (Å²) in [7, 11) is 0. The molecule has 0 aliphatic carbocycles. The first-order valence-corrected chi connectivity index (χ1v) is 5.82. The van der Waals surface area contributed by atoms with Gasteiger partial charge in [0, 0.05) is 11.0 Å². The summed E-state index contributed by atoms with van der Waals surface area (Å²) >= 11 is 0. The second-order valence-corrected chi connectivity index (χ2v) is 4.98. The van der Waals surface area contributed by atoms with E-state index in [1.54, 1.807) is 6.20 Å². The molecule has 0 saturated carbocycles. The standard InChI is InChI=1S/C14H16N2O2/c1-14(2,8-12(17)18)11-9-15-16-13(11)10-6-4-3-5-7-10/h3-7,9H,8H2,1-2H3,(H,15,16)(H,17,18). The topological polar surface area (TPSA) is 66.0 Å². The molecule has 0 unspecified atom stereocenters. The average molecular weight is 244 g/mol. The molecule has 2 rings (SSSR count). The van der Waals surface area contributed by atoms with E-state index in [2.05, 4.69) is 10.2 Å². The summed E-state index contributed by atoms with van der Waals surface area (Å²) in [5.41, 5.74) is 2.38. The Kier molecular flexibility index (Phi) is 3.19. The lowest BCUT2D eigenvalue weighted by atomic mass is 9.81. The largest absolute Gasteiger partial charge is 0.481 e. The zero-order chi connectivity index (χ0) is 13.2. The van der Waals surface area contributed by atoms with Gasteiger partial charge in [0.25, 0.3) is 0 Å². The maximum absolute atomic E-state index is 10.9. The number of hydrogen-bond donors (Lipinski definition) is 2. The van der Waals surface area contributed by atoms with Gasteiger partial charge in [-0.1, -0.05) is 44.2 Å². The van der Waals surface area contributed by atoms with Crippen LogP contribution in [0.25, 0.3) is 11.3 Å². The molecule has 18 heavy (non-hydrogen) atoms. The highest BCUT2D eigenvalue weighted by Gasteiger charge is 2.28. The number of aromatic nitrogens is 2. The monoisotopic (exact) mass is 244 g/mol. The molecule has 94 valence electrons. The van der Waals surface area contributed by atoms with Crippen LogP contribution < -0.4 is 0 Å². The average Bonchev–Trinajstić information content (AvgIpc) is 2.78. The summed E-state index contributed by atoms with van der Waals surface area (Å²) in [6.45, 7) is 3.83. The Labute approximate surface area is 106 Å². The Morgan fingerprint density at radius 2 is 2.00 bits per heavy atom. The minimum atomic E-state index is -0.805. The summed E-state index contributed by atoms with van der Waals surface area (Å²) in [6.07, 6.45) is 1.79. The van der Waals surface area contributed by atoms with Crippen LogP contribution in [-0.4, -0.2) is 21.3 Å². The highest BCUT2D eigenvalue weighted by Crippen LogP contribution is 2.33. The number of nitrogens with zero attached hydrogens (tertiary/aromatic N) is 1. The first kappa shape index (κ1) is 12.4. The second kappa shape index (κ2) is 4.64. The van der Waals surface area contributed by atoms with Crippen LogP contribution in [0.3, 0.4) is 0 Å². The zero-order valence-electron chi connectivity index (χ0n) is 10.5. The number of H-pyrrole nitrogens is 1. The van der Waals surface area contributed by atoms with Crippen LogP contribution in [0.1, 0.15) is 25.8 Å². The van der Waals surface area contributed by atoms with E-state index in [-0.39, 0.29) is 6.42 Å². The fourth-order valence-corrected chi connectivity index (χ4v) is 2.10. The Bertz CT molecular complexity index is 544. The number of rotatable bonds is 4. The maximum atomic E-state index is 10.9. The van der Waals surface area contributed by atoms with Crippen molar-refractivity contribution in [1.82, 2.24) is 10.2 Å². The first-order chi connectivity index (χ1) is 8.50. The Balaban J connectivity index is 2.42. The van der Waals surface area contributed by atoms with Crippen LogP contribution >= 0.6 is 0 Å². The number of aliphatic carboxylic acids is 1. The molecule has 0 aliphatic heterocycles. The number of hydrogen-bond acceptors (Lipinski definition) is 2. The molecule has 4 nitrogen and oxygen atoms in total. The summed E-state index contributed by atoms with van der Waals surface area (Å²) < 4.78 is 0. The van der Waals surface area contributed by atoms with Gasteiger partial charge in [0.2, 0.25) is 0 Å². The minimum Gasteiger partial charge on any atom is -0.481 e. The van der Waals surface area contributed by atoms with Crippen LogP contribution in [0, 0.1) is 0 Å². The van der Waals surface area contributed by atoms with E-state index in [9.17, 15) is 4.79 Å². The molecular formula is C14H16N2O2. The van der Waals surface area contributed by atoms with Crippen molar-refractivity contribution in [3.8, 4) is 11.3 Å².